The lowest BCUT2D eigenvalue weighted by molar-refractivity contribution is -0.125. The van der Waals surface area contributed by atoms with E-state index >= 15 is 0 Å². The van der Waals surface area contributed by atoms with Crippen LogP contribution in [0.3, 0.4) is 0 Å². The number of methoxy groups -OCH3 is 2. The molecule has 1 heterocycles. The number of nitrogens with zero attached hydrogens (tertiary/aromatic N) is 1. The van der Waals surface area contributed by atoms with Crippen LogP contribution in [0.25, 0.3) is 0 Å². The van der Waals surface area contributed by atoms with Crippen molar-refractivity contribution in [3.63, 3.8) is 0 Å². The summed E-state index contributed by atoms with van der Waals surface area (Å²) in [5.74, 6) is 0.340. The van der Waals surface area contributed by atoms with Crippen molar-refractivity contribution in [1.29, 1.82) is 0 Å². The van der Waals surface area contributed by atoms with E-state index in [1.165, 1.54) is 48.3 Å². The van der Waals surface area contributed by atoms with Crippen LogP contribution in [-0.4, -0.2) is 120 Å². The van der Waals surface area contributed by atoms with Crippen molar-refractivity contribution >= 4 is 35.3 Å². The van der Waals surface area contributed by atoms with Gasteiger partial charge in [0.2, 0.25) is 29.5 Å². The van der Waals surface area contributed by atoms with E-state index in [9.17, 15) is 28.8 Å². The number of Topliss-reactive ketones (excluding diaryl/α,β-unsaturated/α-hetero) is 1. The summed E-state index contributed by atoms with van der Waals surface area (Å²) in [5.41, 5.74) is 24.3. The average Bonchev–Trinajstić information content (AvgIpc) is 3.19. The topological polar surface area (TPSA) is 288 Å². The first-order valence-electron chi connectivity index (χ1n) is 20.0. The van der Waals surface area contributed by atoms with Gasteiger partial charge in [0, 0.05) is 120 Å². The fourth-order valence-corrected chi connectivity index (χ4v) is 4.15. The number of carbonyl (C=O) groups is 6. The maximum absolute atomic E-state index is 10.8. The molecule has 1 aliphatic heterocycles. The molecule has 0 aromatic heterocycles. The van der Waals surface area contributed by atoms with E-state index in [4.69, 9.17) is 32.4 Å². The molecule has 0 saturated carbocycles. The number of ketones is 1. The fraction of sp³-hybridized carbons (Fsp3) is 0.659. The van der Waals surface area contributed by atoms with Crippen LogP contribution < -0.4 is 49.5 Å². The number of ether oxygens (including phenoxy) is 2. The fourth-order valence-electron chi connectivity index (χ4n) is 4.15. The monoisotopic (exact) mass is 841 g/mol. The molecular weight excluding hydrogens is 761 g/mol. The summed E-state index contributed by atoms with van der Waals surface area (Å²) in [4.78, 5) is 64.5. The SMILES string of the molecule is C=C(C)N1CCC(=O)CC1.CC(=O)NCCCCCCN.CC(=O)NCCCN.CC(=O)NCCN.CC(=O)NCc1ccc(CN)cc1.COC(CNC(C)=O)OC. The van der Waals surface area contributed by atoms with Gasteiger partial charge in [-0.2, -0.15) is 0 Å². The summed E-state index contributed by atoms with van der Waals surface area (Å²) in [6, 6.07) is 7.88. The lowest BCUT2D eigenvalue weighted by Crippen LogP contribution is -2.32. The van der Waals surface area contributed by atoms with Gasteiger partial charge in [-0.3, -0.25) is 28.8 Å². The van der Waals surface area contributed by atoms with E-state index in [2.05, 4.69) is 38.1 Å². The molecule has 0 spiro atoms. The minimum atomic E-state index is -0.344. The van der Waals surface area contributed by atoms with Crippen molar-refractivity contribution < 1.29 is 38.2 Å². The first kappa shape index (κ1) is 61.2. The Morgan fingerprint density at radius 1 is 0.610 bits per heavy atom. The number of unbranched alkanes of at least 4 members (excludes halogenated alkanes) is 3. The zero-order chi connectivity index (χ0) is 45.9. The van der Waals surface area contributed by atoms with Gasteiger partial charge in [-0.25, -0.2) is 0 Å². The Hall–Kier alpha value is -4.46. The minimum Gasteiger partial charge on any atom is -0.375 e. The van der Waals surface area contributed by atoms with Crippen LogP contribution in [-0.2, 0) is 51.3 Å². The number of nitrogens with two attached hydrogens (primary N) is 4. The Morgan fingerprint density at radius 2 is 1.03 bits per heavy atom. The number of allylic oxidation sites excluding steroid dienone is 1. The molecule has 1 fully saturated rings. The van der Waals surface area contributed by atoms with Gasteiger partial charge in [0.25, 0.3) is 0 Å². The van der Waals surface area contributed by atoms with E-state index in [0.29, 0.717) is 64.4 Å². The largest absolute Gasteiger partial charge is 0.375 e. The molecule has 59 heavy (non-hydrogen) atoms. The van der Waals surface area contributed by atoms with Crippen molar-refractivity contribution in [1.82, 2.24) is 31.5 Å². The Labute approximate surface area is 354 Å². The first-order chi connectivity index (χ1) is 27.9. The third-order valence-electron chi connectivity index (χ3n) is 7.48. The third-order valence-corrected chi connectivity index (χ3v) is 7.48. The van der Waals surface area contributed by atoms with Crippen LogP contribution in [0, 0.1) is 0 Å². The van der Waals surface area contributed by atoms with E-state index in [1.54, 1.807) is 6.92 Å². The molecule has 18 nitrogen and oxygen atoms in total. The van der Waals surface area contributed by atoms with Crippen LogP contribution in [0.15, 0.2) is 36.5 Å². The molecule has 18 heteroatoms. The standard InChI is InChI=1S/C10H14N2O.C8H18N2O.C8H13NO.C6H13NO3.C5H12N2O.C4H10N2O/c1-8(13)12-7-10-4-2-9(6-11)3-5-10;1-8(11)10-7-5-3-2-4-6-9;1-7(2)9-5-3-8(10)4-6-9;1-5(8)7-4-6(9-2)10-3;1-5(8)7-4-2-3-6;1-4(7)6-3-2-5/h2-5H,6-7,11H2,1H3,(H,12,13);2-7,9H2,1H3,(H,10,11);1,3-6H2,2H3;6H,4H2,1-3H3,(H,7,8);2-4,6H2,1H3,(H,7,8);2-3,5H2,1H3,(H,6,7). The molecule has 1 aliphatic rings. The van der Waals surface area contributed by atoms with Crippen LogP contribution in [0.4, 0.5) is 0 Å². The molecule has 13 N–H and O–H groups in total. The van der Waals surface area contributed by atoms with Gasteiger partial charge >= 0.3 is 0 Å². The predicted molar refractivity (Wildman–Crippen MR) is 235 cm³/mol. The van der Waals surface area contributed by atoms with Crippen molar-refractivity contribution in [3.8, 4) is 0 Å². The van der Waals surface area contributed by atoms with E-state index < -0.39 is 0 Å². The molecule has 2 rings (SSSR count). The second kappa shape index (κ2) is 44.6. The molecule has 0 unspecified atom stereocenters. The average molecular weight is 841 g/mol. The van der Waals surface area contributed by atoms with E-state index in [-0.39, 0.29) is 35.8 Å². The number of amides is 5. The highest BCUT2D eigenvalue weighted by Crippen LogP contribution is 2.09. The summed E-state index contributed by atoms with van der Waals surface area (Å²) >= 11 is 0. The first-order valence-corrected chi connectivity index (χ1v) is 20.0. The summed E-state index contributed by atoms with van der Waals surface area (Å²) in [6.07, 6.45) is 6.43. The highest BCUT2D eigenvalue weighted by Gasteiger charge is 2.14. The predicted octanol–water partition coefficient (Wildman–Crippen LogP) is 0.902. The van der Waals surface area contributed by atoms with Crippen LogP contribution >= 0.6 is 0 Å². The maximum Gasteiger partial charge on any atom is 0.217 e. The Balaban J connectivity index is -0.000000311. The zero-order valence-corrected chi connectivity index (χ0v) is 37.3. The summed E-state index contributed by atoms with van der Waals surface area (Å²) < 4.78 is 9.63. The van der Waals surface area contributed by atoms with Crippen molar-refractivity contribution in [3.05, 3.63) is 47.7 Å². The zero-order valence-electron chi connectivity index (χ0n) is 37.3. The number of benzene rings is 1. The molecule has 1 saturated heterocycles. The van der Waals surface area contributed by atoms with E-state index in [1.807, 2.05) is 31.2 Å². The minimum absolute atomic E-state index is 0.0112. The van der Waals surface area contributed by atoms with Gasteiger partial charge in [0.1, 0.15) is 5.78 Å². The second-order valence-corrected chi connectivity index (χ2v) is 13.1. The molecule has 0 radical (unpaired) electrons. The Kier molecular flexibility index (Phi) is 46.3. The molecule has 1 aromatic carbocycles. The summed E-state index contributed by atoms with van der Waals surface area (Å²) in [6.45, 7) is 20.5. The lowest BCUT2D eigenvalue weighted by Gasteiger charge is -2.27. The molecular formula is C41H80N10O8. The smallest absolute Gasteiger partial charge is 0.217 e. The number of likely N-dealkylation sites (tertiary alicyclic amines) is 1. The maximum atomic E-state index is 10.8. The summed E-state index contributed by atoms with van der Waals surface area (Å²) in [7, 11) is 3.05. The van der Waals surface area contributed by atoms with Gasteiger partial charge in [-0.15, -0.1) is 0 Å². The van der Waals surface area contributed by atoms with Crippen molar-refractivity contribution in [2.75, 3.05) is 73.1 Å². The highest BCUT2D eigenvalue weighted by molar-refractivity contribution is 5.79. The number of piperidine rings is 1. The van der Waals surface area contributed by atoms with Crippen molar-refractivity contribution in [2.24, 2.45) is 22.9 Å². The number of rotatable bonds is 19. The van der Waals surface area contributed by atoms with Crippen LogP contribution in [0.2, 0.25) is 0 Å². The van der Waals surface area contributed by atoms with Crippen molar-refractivity contribution in [2.45, 2.75) is 106 Å². The van der Waals surface area contributed by atoms with Gasteiger partial charge in [0.05, 0.1) is 6.54 Å². The van der Waals surface area contributed by atoms with Crippen LogP contribution in [0.1, 0.15) is 97.6 Å². The lowest BCUT2D eigenvalue weighted by atomic mass is 10.1. The molecule has 0 aliphatic carbocycles. The number of hydrogen-bond donors (Lipinski definition) is 9. The Morgan fingerprint density at radius 3 is 1.41 bits per heavy atom. The van der Waals surface area contributed by atoms with Gasteiger partial charge < -0.3 is 63.9 Å². The summed E-state index contributed by atoms with van der Waals surface area (Å²) in [5, 5.41) is 13.2. The highest BCUT2D eigenvalue weighted by atomic mass is 16.7. The van der Waals surface area contributed by atoms with Gasteiger partial charge in [0.15, 0.2) is 6.29 Å². The quantitative estimate of drug-likeness (QED) is 0.0693. The van der Waals surface area contributed by atoms with Gasteiger partial charge in [-0.05, 0) is 50.4 Å². The molecule has 1 aromatic rings. The van der Waals surface area contributed by atoms with Gasteiger partial charge in [-0.1, -0.05) is 43.7 Å². The van der Waals surface area contributed by atoms with E-state index in [0.717, 1.165) is 68.7 Å². The number of hydrogen-bond acceptors (Lipinski definition) is 13. The normalized spacial score (nSPS) is 11.1. The Bertz CT molecular complexity index is 1240. The van der Waals surface area contributed by atoms with Crippen LogP contribution in [0.5, 0.6) is 0 Å². The molecule has 0 bridgehead atoms. The third kappa shape index (κ3) is 51.5. The molecule has 0 atom stereocenters. The molecule has 342 valence electrons. The number of nitrogens with one attached hydrogen (secondary N) is 5. The molecule has 5 amide bonds. The second-order valence-electron chi connectivity index (χ2n) is 13.1. The number of carbonyl (C=O) groups excluding carboxylic acids is 6.